The topological polar surface area (TPSA) is 156 Å². The average molecular weight is 359 g/mol. The van der Waals surface area contributed by atoms with Crippen molar-refractivity contribution in [3.05, 3.63) is 22.1 Å². The Morgan fingerprint density at radius 2 is 2.04 bits per heavy atom. The smallest absolute Gasteiger partial charge is 0.481 e. The van der Waals surface area contributed by atoms with Gasteiger partial charge in [-0.3, -0.25) is 4.79 Å². The molecule has 2 aliphatic carbocycles. The Hall–Kier alpha value is -2.85. The van der Waals surface area contributed by atoms with Crippen LogP contribution in [0, 0.1) is 24.7 Å². The molecule has 1 aromatic rings. The van der Waals surface area contributed by atoms with E-state index in [1.807, 2.05) is 5.32 Å². The van der Waals surface area contributed by atoms with Gasteiger partial charge in [0.15, 0.2) is 23.7 Å². The number of rotatable bonds is 5. The van der Waals surface area contributed by atoms with Crippen molar-refractivity contribution in [3.8, 4) is 0 Å². The van der Waals surface area contributed by atoms with E-state index in [9.17, 15) is 28.7 Å². The number of alkyl carbamates (subject to hydrolysis) is 1. The molecule has 136 valence electrons. The van der Waals surface area contributed by atoms with Crippen LogP contribution in [0.1, 0.15) is 17.9 Å². The zero-order chi connectivity index (χ0) is 18.5. The summed E-state index contributed by atoms with van der Waals surface area (Å²) in [5.41, 5.74) is -2.36. The van der Waals surface area contributed by atoms with Crippen LogP contribution in [0.15, 0.2) is 13.6 Å². The number of aliphatic carboxylic acids is 2. The summed E-state index contributed by atoms with van der Waals surface area (Å²) in [7, 11) is 0. The summed E-state index contributed by atoms with van der Waals surface area (Å²) in [6, 6.07) is 0. The number of fused-ring (bicyclic) bond motifs is 1. The normalized spacial score (nSPS) is 32.7. The highest BCUT2D eigenvalue weighted by Gasteiger charge is 2.76. The molecule has 2 fully saturated rings. The van der Waals surface area contributed by atoms with Gasteiger partial charge in [0.2, 0.25) is 0 Å². The molecular weight excluding hydrogens is 345 g/mol. The Labute approximate surface area is 138 Å². The second-order valence-corrected chi connectivity index (χ2v) is 6.07. The predicted molar refractivity (Wildman–Crippen MR) is 73.3 cm³/mol. The molecule has 3 N–H and O–H groups in total. The van der Waals surface area contributed by atoms with E-state index >= 15 is 0 Å². The fourth-order valence-electron chi connectivity index (χ4n) is 3.59. The van der Waals surface area contributed by atoms with Gasteiger partial charge < -0.3 is 29.1 Å². The molecule has 25 heavy (non-hydrogen) atoms. The second kappa shape index (κ2) is 5.60. The number of hydrogen-bond donors (Lipinski definition) is 3. The number of carboxylic acids is 2. The highest BCUT2D eigenvalue weighted by atomic mass is 19.1. The molecule has 0 saturated heterocycles. The molecule has 1 amide bonds. The molecule has 1 aromatic heterocycles. The summed E-state index contributed by atoms with van der Waals surface area (Å²) in [6.45, 7) is 0.855. The number of carbonyl (C=O) groups excluding carboxylic acids is 1. The summed E-state index contributed by atoms with van der Waals surface area (Å²) < 4.78 is 28.2. The Kier molecular flexibility index (Phi) is 3.81. The quantitative estimate of drug-likeness (QED) is 0.671. The molecule has 0 bridgehead atoms. The number of hydrogen-bond acceptors (Lipinski definition) is 7. The van der Waals surface area contributed by atoms with E-state index in [1.54, 1.807) is 0 Å². The van der Waals surface area contributed by atoms with Gasteiger partial charge >= 0.3 is 23.9 Å². The van der Waals surface area contributed by atoms with Crippen molar-refractivity contribution in [2.24, 2.45) is 17.8 Å². The summed E-state index contributed by atoms with van der Waals surface area (Å²) in [5, 5.41) is 20.5. The van der Waals surface area contributed by atoms with Gasteiger partial charge in [-0.1, -0.05) is 0 Å². The lowest BCUT2D eigenvalue weighted by Gasteiger charge is -2.30. The molecule has 10 nitrogen and oxygen atoms in total. The lowest BCUT2D eigenvalue weighted by Crippen LogP contribution is -2.61. The Morgan fingerprint density at radius 3 is 2.56 bits per heavy atom. The second-order valence-electron chi connectivity index (χ2n) is 6.07. The molecule has 0 aliphatic heterocycles. The summed E-state index contributed by atoms with van der Waals surface area (Å²) >= 11 is 0. The summed E-state index contributed by atoms with van der Waals surface area (Å²) in [6.07, 6.45) is -3.49. The first-order valence-corrected chi connectivity index (χ1v) is 7.33. The number of alkyl halides is 1. The van der Waals surface area contributed by atoms with Gasteiger partial charge in [-0.25, -0.2) is 18.8 Å². The molecule has 0 aromatic carbocycles. The Morgan fingerprint density at radius 1 is 1.36 bits per heavy atom. The van der Waals surface area contributed by atoms with Crippen LogP contribution in [0.4, 0.5) is 9.18 Å². The third-order valence-electron chi connectivity index (χ3n) is 4.79. The molecule has 3 rings (SSSR count). The fraction of sp³-hybridized carbons (Fsp3) is 0.571. The van der Waals surface area contributed by atoms with Crippen molar-refractivity contribution in [2.45, 2.75) is 31.7 Å². The van der Waals surface area contributed by atoms with Crippen molar-refractivity contribution >= 4 is 18.0 Å². The molecule has 0 unspecified atom stereocenters. The molecule has 2 saturated carbocycles. The van der Waals surface area contributed by atoms with Crippen LogP contribution in [0.2, 0.25) is 0 Å². The van der Waals surface area contributed by atoms with Crippen molar-refractivity contribution in [3.63, 3.8) is 0 Å². The van der Waals surface area contributed by atoms with Gasteiger partial charge in [0.1, 0.15) is 6.17 Å². The molecule has 1 heterocycles. The molecule has 0 spiro atoms. The number of halogens is 1. The van der Waals surface area contributed by atoms with Crippen molar-refractivity contribution in [1.82, 2.24) is 5.32 Å². The zero-order valence-electron chi connectivity index (χ0n) is 12.9. The SMILES string of the molecule is Cc1oc(=O)oc1COC(=O)N[C@]1(C(=O)O)[C@H]2[C@@H](C[C@@H]1F)[C@@H]2C(=O)O. The average Bonchev–Trinajstić information content (AvgIpc) is 3.02. The van der Waals surface area contributed by atoms with Gasteiger partial charge in [-0.05, 0) is 19.3 Å². The van der Waals surface area contributed by atoms with Crippen LogP contribution in [0.3, 0.4) is 0 Å². The van der Waals surface area contributed by atoms with Gasteiger partial charge in [0.25, 0.3) is 0 Å². The first-order valence-electron chi connectivity index (χ1n) is 7.33. The van der Waals surface area contributed by atoms with Crippen LogP contribution in [-0.2, 0) is 20.9 Å². The van der Waals surface area contributed by atoms with Crippen LogP contribution < -0.4 is 11.1 Å². The minimum atomic E-state index is -2.36. The predicted octanol–water partition coefficient (Wildman–Crippen LogP) is 0.279. The maximum absolute atomic E-state index is 14.3. The first-order chi connectivity index (χ1) is 11.7. The van der Waals surface area contributed by atoms with Gasteiger partial charge in [-0.15, -0.1) is 0 Å². The lowest BCUT2D eigenvalue weighted by atomic mass is 9.89. The number of amides is 1. The minimum Gasteiger partial charge on any atom is -0.481 e. The van der Waals surface area contributed by atoms with Crippen LogP contribution >= 0.6 is 0 Å². The highest BCUT2D eigenvalue weighted by Crippen LogP contribution is 2.63. The van der Waals surface area contributed by atoms with E-state index < -0.39 is 59.9 Å². The molecular formula is C14H14FNO9. The standard InChI is InChI=1S/C14H14FNO9/c1-4-6(25-13(22)24-4)3-23-12(21)16-14(11(19)20)7(15)2-5-8(9(5)14)10(17)18/h5,7-9H,2-3H2,1H3,(H,16,21)(H,17,18)(H,19,20)/t5-,7-,8-,9-,14-/m0/s1. The van der Waals surface area contributed by atoms with Gasteiger partial charge in [0.05, 0.1) is 5.92 Å². The fourth-order valence-corrected chi connectivity index (χ4v) is 3.59. The van der Waals surface area contributed by atoms with E-state index in [1.165, 1.54) is 6.92 Å². The lowest BCUT2D eigenvalue weighted by molar-refractivity contribution is -0.149. The number of ether oxygens (including phenoxy) is 1. The van der Waals surface area contributed by atoms with Crippen LogP contribution in [-0.4, -0.2) is 40.0 Å². The van der Waals surface area contributed by atoms with Crippen molar-refractivity contribution in [1.29, 1.82) is 0 Å². The van der Waals surface area contributed by atoms with E-state index in [-0.39, 0.29) is 17.9 Å². The Balaban J connectivity index is 1.73. The highest BCUT2D eigenvalue weighted by molar-refractivity contribution is 5.89. The van der Waals surface area contributed by atoms with Crippen LogP contribution in [0.25, 0.3) is 0 Å². The molecule has 2 aliphatic rings. The summed E-state index contributed by atoms with van der Waals surface area (Å²) in [4.78, 5) is 45.6. The maximum Gasteiger partial charge on any atom is 0.519 e. The van der Waals surface area contributed by atoms with E-state index in [2.05, 4.69) is 8.83 Å². The molecule has 11 heteroatoms. The number of aryl methyl sites for hydroxylation is 1. The Bertz CT molecular complexity index is 798. The number of carboxylic acid groups (broad SMARTS) is 2. The maximum atomic E-state index is 14.3. The van der Waals surface area contributed by atoms with Gasteiger partial charge in [0, 0.05) is 5.92 Å². The number of carbonyl (C=O) groups is 3. The van der Waals surface area contributed by atoms with Crippen LogP contribution in [0.5, 0.6) is 0 Å². The third-order valence-corrected chi connectivity index (χ3v) is 4.79. The number of nitrogens with one attached hydrogen (secondary N) is 1. The van der Waals surface area contributed by atoms with Gasteiger partial charge in [-0.2, -0.15) is 0 Å². The largest absolute Gasteiger partial charge is 0.519 e. The third kappa shape index (κ3) is 2.55. The first kappa shape index (κ1) is 17.0. The summed E-state index contributed by atoms with van der Waals surface area (Å²) in [5.74, 6) is -6.65. The van der Waals surface area contributed by atoms with E-state index in [0.717, 1.165) is 0 Å². The monoisotopic (exact) mass is 359 g/mol. The molecule has 5 atom stereocenters. The molecule has 0 radical (unpaired) electrons. The van der Waals surface area contributed by atoms with Crippen molar-refractivity contribution < 1.29 is 42.6 Å². The minimum absolute atomic E-state index is 0.0724. The van der Waals surface area contributed by atoms with Crippen molar-refractivity contribution in [2.75, 3.05) is 0 Å². The zero-order valence-corrected chi connectivity index (χ0v) is 12.9. The van der Waals surface area contributed by atoms with E-state index in [4.69, 9.17) is 9.84 Å². The van der Waals surface area contributed by atoms with E-state index in [0.29, 0.717) is 0 Å².